The second kappa shape index (κ2) is 8.46. The van der Waals surface area contributed by atoms with E-state index in [1.54, 1.807) is 11.8 Å². The molecule has 1 aromatic carbocycles. The van der Waals surface area contributed by atoms with Gasteiger partial charge in [-0.1, -0.05) is 55.0 Å². The summed E-state index contributed by atoms with van der Waals surface area (Å²) < 4.78 is 0. The van der Waals surface area contributed by atoms with Crippen molar-refractivity contribution in [1.29, 1.82) is 0 Å². The van der Waals surface area contributed by atoms with Crippen molar-refractivity contribution in [2.45, 2.75) is 63.9 Å². The molecule has 0 aliphatic heterocycles. The van der Waals surface area contributed by atoms with Gasteiger partial charge in [0, 0.05) is 24.7 Å². The number of aromatic nitrogens is 1. The van der Waals surface area contributed by atoms with E-state index in [2.05, 4.69) is 54.4 Å². The van der Waals surface area contributed by atoms with Crippen LogP contribution in [-0.2, 0) is 4.79 Å². The topological polar surface area (TPSA) is 50.2 Å². The van der Waals surface area contributed by atoms with Crippen LogP contribution in [0.2, 0.25) is 0 Å². The first-order valence-corrected chi connectivity index (χ1v) is 12.9. The quantitative estimate of drug-likeness (QED) is 0.578. The number of nitrogens with zero attached hydrogens (tertiary/aromatic N) is 1. The molecule has 6 rings (SSSR count). The number of carbonyl (C=O) groups is 1. The summed E-state index contributed by atoms with van der Waals surface area (Å²) in [6.45, 7) is 2.34. The highest BCUT2D eigenvalue weighted by atomic mass is 16.3. The van der Waals surface area contributed by atoms with Crippen LogP contribution >= 0.6 is 0 Å². The maximum atomic E-state index is 12.2. The number of hydrogen-bond donors (Lipinski definition) is 1. The van der Waals surface area contributed by atoms with Crippen LogP contribution in [0.15, 0.2) is 71.6 Å². The highest BCUT2D eigenvalue weighted by Crippen LogP contribution is 2.63. The molecule has 4 aliphatic rings. The van der Waals surface area contributed by atoms with Crippen LogP contribution in [-0.4, -0.2) is 22.0 Å². The van der Waals surface area contributed by atoms with Gasteiger partial charge >= 0.3 is 0 Å². The predicted molar refractivity (Wildman–Crippen MR) is 136 cm³/mol. The molecule has 34 heavy (non-hydrogen) atoms. The van der Waals surface area contributed by atoms with Gasteiger partial charge in [0.05, 0.1) is 6.10 Å². The van der Waals surface area contributed by atoms with Crippen LogP contribution in [0, 0.1) is 17.3 Å². The zero-order valence-corrected chi connectivity index (χ0v) is 19.9. The largest absolute Gasteiger partial charge is 0.393 e. The van der Waals surface area contributed by atoms with Crippen molar-refractivity contribution in [2.75, 3.05) is 0 Å². The Morgan fingerprint density at radius 2 is 1.82 bits per heavy atom. The third-order valence-corrected chi connectivity index (χ3v) is 9.17. The van der Waals surface area contributed by atoms with Gasteiger partial charge in [-0.25, -0.2) is 0 Å². The molecular formula is C31H33NO2. The average molecular weight is 452 g/mol. The number of pyridine rings is 1. The highest BCUT2D eigenvalue weighted by Gasteiger charge is 2.56. The number of aliphatic hydroxyl groups excluding tert-OH is 1. The molecule has 1 heterocycles. The first-order valence-electron chi connectivity index (χ1n) is 12.9. The molecule has 0 bridgehead atoms. The van der Waals surface area contributed by atoms with E-state index in [1.165, 1.54) is 22.3 Å². The van der Waals surface area contributed by atoms with Crippen LogP contribution in [0.1, 0.15) is 74.5 Å². The lowest BCUT2D eigenvalue weighted by molar-refractivity contribution is -0.114. The number of rotatable bonds is 3. The van der Waals surface area contributed by atoms with E-state index in [1.807, 2.05) is 18.3 Å². The summed E-state index contributed by atoms with van der Waals surface area (Å²) in [6, 6.07) is 13.0. The minimum Gasteiger partial charge on any atom is -0.393 e. The first-order chi connectivity index (χ1) is 16.5. The number of hydrogen-bond acceptors (Lipinski definition) is 3. The predicted octanol–water partition coefficient (Wildman–Crippen LogP) is 6.51. The van der Waals surface area contributed by atoms with Gasteiger partial charge in [-0.05, 0) is 95.8 Å². The molecule has 5 atom stereocenters. The van der Waals surface area contributed by atoms with Gasteiger partial charge in [0.1, 0.15) is 0 Å². The van der Waals surface area contributed by atoms with Crippen molar-refractivity contribution in [3.8, 4) is 0 Å². The number of ketones is 1. The van der Waals surface area contributed by atoms with Gasteiger partial charge in [-0.15, -0.1) is 0 Å². The van der Waals surface area contributed by atoms with Crippen LogP contribution in [0.5, 0.6) is 0 Å². The molecule has 0 saturated heterocycles. The minimum atomic E-state index is -0.210. The van der Waals surface area contributed by atoms with E-state index in [9.17, 15) is 9.90 Å². The van der Waals surface area contributed by atoms with Crippen LogP contribution < -0.4 is 0 Å². The normalized spacial score (nSPS) is 32.9. The fourth-order valence-corrected chi connectivity index (χ4v) is 7.44. The number of carbonyl (C=O) groups excluding carboxylic acids is 1. The van der Waals surface area contributed by atoms with Crippen molar-refractivity contribution >= 4 is 17.9 Å². The Morgan fingerprint density at radius 1 is 1.00 bits per heavy atom. The number of allylic oxidation sites excluding steroid dienone is 4. The summed E-state index contributed by atoms with van der Waals surface area (Å²) in [5.74, 6) is 1.70. The molecule has 0 spiro atoms. The fraction of sp³-hybridized carbons (Fsp3) is 0.419. The summed E-state index contributed by atoms with van der Waals surface area (Å²) in [5.41, 5.74) is 7.97. The van der Waals surface area contributed by atoms with E-state index in [4.69, 9.17) is 0 Å². The molecular weight excluding hydrogens is 418 g/mol. The summed E-state index contributed by atoms with van der Waals surface area (Å²) in [6.07, 6.45) is 16.3. The van der Waals surface area contributed by atoms with Gasteiger partial charge in [0.15, 0.2) is 5.78 Å². The Hall–Kier alpha value is -2.78. The van der Waals surface area contributed by atoms with E-state index in [0.717, 1.165) is 44.1 Å². The zero-order valence-electron chi connectivity index (χ0n) is 19.9. The third-order valence-electron chi connectivity index (χ3n) is 9.17. The SMILES string of the molecule is CC12CC(c3ccc(/C=C/c4cccnc4)cc3)C3=C4CCC(=O)C=C4CCC3C1CCC2O. The molecule has 5 unspecified atom stereocenters. The van der Waals surface area contributed by atoms with Crippen LogP contribution in [0.25, 0.3) is 12.2 Å². The molecule has 0 radical (unpaired) electrons. The molecule has 3 nitrogen and oxygen atoms in total. The zero-order chi connectivity index (χ0) is 23.3. The minimum absolute atomic E-state index is 0.0238. The van der Waals surface area contributed by atoms with E-state index < -0.39 is 0 Å². The van der Waals surface area contributed by atoms with Crippen molar-refractivity contribution in [1.82, 2.24) is 4.98 Å². The summed E-state index contributed by atoms with van der Waals surface area (Å²) in [4.78, 5) is 16.4. The Bertz CT molecular complexity index is 1190. The van der Waals surface area contributed by atoms with Crippen molar-refractivity contribution < 1.29 is 9.90 Å². The highest BCUT2D eigenvalue weighted by molar-refractivity contribution is 5.93. The van der Waals surface area contributed by atoms with E-state index in [-0.39, 0.29) is 17.3 Å². The Balaban J connectivity index is 1.38. The lowest BCUT2D eigenvalue weighted by Crippen LogP contribution is -2.45. The summed E-state index contributed by atoms with van der Waals surface area (Å²) >= 11 is 0. The van der Waals surface area contributed by atoms with Crippen LogP contribution in [0.3, 0.4) is 0 Å². The van der Waals surface area contributed by atoms with Gasteiger partial charge in [-0.2, -0.15) is 0 Å². The van der Waals surface area contributed by atoms with Crippen molar-refractivity contribution in [3.63, 3.8) is 0 Å². The molecule has 174 valence electrons. The summed E-state index contributed by atoms with van der Waals surface area (Å²) in [7, 11) is 0. The Kier molecular flexibility index (Phi) is 5.41. The molecule has 1 aromatic heterocycles. The standard InChI is InChI=1S/C31H33NO2/c1-31-18-27(22-8-6-20(7-9-22)4-5-21-3-2-16-32-19-21)30-25-13-11-24(33)17-23(25)10-12-26(30)28(31)14-15-29(31)34/h2-9,16-17,19,26-29,34H,10-15,18H2,1H3/b5-4+. The molecule has 1 N–H and O–H groups in total. The third kappa shape index (κ3) is 3.62. The number of benzene rings is 1. The smallest absolute Gasteiger partial charge is 0.156 e. The van der Waals surface area contributed by atoms with E-state index >= 15 is 0 Å². The second-order valence-electron chi connectivity index (χ2n) is 11.0. The summed E-state index contributed by atoms with van der Waals surface area (Å²) in [5, 5.41) is 11.0. The van der Waals surface area contributed by atoms with Crippen LogP contribution in [0.4, 0.5) is 0 Å². The Labute approximate surface area is 202 Å². The van der Waals surface area contributed by atoms with Gasteiger partial charge in [0.2, 0.25) is 0 Å². The lowest BCUT2D eigenvalue weighted by atomic mass is 9.53. The van der Waals surface area contributed by atoms with Gasteiger partial charge in [-0.3, -0.25) is 9.78 Å². The monoisotopic (exact) mass is 451 g/mol. The number of fused-ring (bicyclic) bond motifs is 4. The maximum Gasteiger partial charge on any atom is 0.156 e. The number of aliphatic hydroxyl groups is 1. The lowest BCUT2D eigenvalue weighted by Gasteiger charge is -2.52. The van der Waals surface area contributed by atoms with Crippen molar-refractivity contribution in [3.05, 3.63) is 88.3 Å². The molecule has 2 saturated carbocycles. The average Bonchev–Trinajstić information content (AvgIpc) is 3.17. The second-order valence-corrected chi connectivity index (χ2v) is 11.0. The van der Waals surface area contributed by atoms with Gasteiger partial charge < -0.3 is 5.11 Å². The molecule has 0 amide bonds. The van der Waals surface area contributed by atoms with E-state index in [0.29, 0.717) is 24.2 Å². The Morgan fingerprint density at radius 3 is 2.62 bits per heavy atom. The molecule has 2 fully saturated rings. The first kappa shape index (κ1) is 21.7. The molecule has 4 aliphatic carbocycles. The van der Waals surface area contributed by atoms with Gasteiger partial charge in [0.25, 0.3) is 0 Å². The van der Waals surface area contributed by atoms with Crippen molar-refractivity contribution in [2.24, 2.45) is 17.3 Å². The molecule has 3 heteroatoms. The maximum absolute atomic E-state index is 12.2. The fourth-order valence-electron chi connectivity index (χ4n) is 7.44. The molecule has 2 aromatic rings.